The number of carboxylic acid groups (broad SMARTS) is 2. The van der Waals surface area contributed by atoms with Gasteiger partial charge in [-0.1, -0.05) is 0 Å². The van der Waals surface area contributed by atoms with Crippen LogP contribution in [0.25, 0.3) is 0 Å². The van der Waals surface area contributed by atoms with E-state index >= 15 is 0 Å². The van der Waals surface area contributed by atoms with Gasteiger partial charge in [0.15, 0.2) is 0 Å². The van der Waals surface area contributed by atoms with Crippen LogP contribution in [0.4, 0.5) is 5.69 Å². The van der Waals surface area contributed by atoms with E-state index in [1.807, 2.05) is 19.0 Å². The number of nitrogens with one attached hydrogen (secondary N) is 1. The third-order valence-corrected chi connectivity index (χ3v) is 2.90. The number of carboxylic acids is 2. The molecule has 0 bridgehead atoms. The second kappa shape index (κ2) is 7.28. The van der Waals surface area contributed by atoms with Crippen molar-refractivity contribution in [2.75, 3.05) is 19.0 Å². The maximum Gasteiger partial charge on any atom is 0.326 e. The number of amides is 1. The lowest BCUT2D eigenvalue weighted by atomic mass is 10.1. The molecule has 21 heavy (non-hydrogen) atoms. The van der Waals surface area contributed by atoms with Gasteiger partial charge in [-0.25, -0.2) is 4.79 Å². The average Bonchev–Trinajstić information content (AvgIpc) is 2.42. The summed E-state index contributed by atoms with van der Waals surface area (Å²) in [5, 5.41) is 19.9. The van der Waals surface area contributed by atoms with Gasteiger partial charge in [-0.3, -0.25) is 9.59 Å². The molecule has 1 rings (SSSR count). The number of hydrogen-bond donors (Lipinski definition) is 3. The van der Waals surface area contributed by atoms with Crippen molar-refractivity contribution in [3.05, 3.63) is 29.8 Å². The molecule has 114 valence electrons. The SMILES string of the molecule is CN(C)c1ccc(C(=O)NC(CCC(=O)O)C(=O)O)cc1. The van der Waals surface area contributed by atoms with Crippen LogP contribution in [0.1, 0.15) is 23.2 Å². The summed E-state index contributed by atoms with van der Waals surface area (Å²) in [4.78, 5) is 35.3. The predicted octanol–water partition coefficient (Wildman–Crippen LogP) is 0.800. The Labute approximate surface area is 122 Å². The Morgan fingerprint density at radius 1 is 1.14 bits per heavy atom. The summed E-state index contributed by atoms with van der Waals surface area (Å²) in [6, 6.07) is 5.42. The minimum absolute atomic E-state index is 0.161. The highest BCUT2D eigenvalue weighted by molar-refractivity contribution is 5.96. The first-order chi connectivity index (χ1) is 9.81. The van der Waals surface area contributed by atoms with E-state index in [0.717, 1.165) is 5.69 Å². The molecular weight excluding hydrogens is 276 g/mol. The van der Waals surface area contributed by atoms with Crippen molar-refractivity contribution >= 4 is 23.5 Å². The molecule has 0 aromatic heterocycles. The lowest BCUT2D eigenvalue weighted by molar-refractivity contribution is -0.140. The first-order valence-electron chi connectivity index (χ1n) is 6.34. The molecule has 0 radical (unpaired) electrons. The van der Waals surface area contributed by atoms with Crippen LogP contribution in [-0.4, -0.2) is 48.2 Å². The van der Waals surface area contributed by atoms with Gasteiger partial charge in [0, 0.05) is 31.8 Å². The number of carbonyl (C=O) groups is 3. The van der Waals surface area contributed by atoms with E-state index in [0.29, 0.717) is 5.56 Å². The number of aliphatic carboxylic acids is 2. The normalized spacial score (nSPS) is 11.5. The van der Waals surface area contributed by atoms with Gasteiger partial charge in [-0.2, -0.15) is 0 Å². The molecule has 0 fully saturated rings. The van der Waals surface area contributed by atoms with Crippen molar-refractivity contribution in [1.82, 2.24) is 5.32 Å². The van der Waals surface area contributed by atoms with Gasteiger partial charge in [0.05, 0.1) is 0 Å². The summed E-state index contributed by atoms with van der Waals surface area (Å²) in [6.45, 7) is 0. The number of carbonyl (C=O) groups excluding carboxylic acids is 1. The molecule has 0 saturated carbocycles. The molecule has 7 heteroatoms. The molecule has 0 spiro atoms. The Balaban J connectivity index is 2.72. The van der Waals surface area contributed by atoms with Crippen LogP contribution in [-0.2, 0) is 9.59 Å². The molecule has 0 aliphatic rings. The largest absolute Gasteiger partial charge is 0.481 e. The van der Waals surface area contributed by atoms with E-state index in [2.05, 4.69) is 5.32 Å². The van der Waals surface area contributed by atoms with Crippen LogP contribution in [0.5, 0.6) is 0 Å². The van der Waals surface area contributed by atoms with E-state index in [1.54, 1.807) is 24.3 Å². The zero-order valence-corrected chi connectivity index (χ0v) is 11.9. The van der Waals surface area contributed by atoms with Crippen LogP contribution >= 0.6 is 0 Å². The van der Waals surface area contributed by atoms with Crippen LogP contribution in [0.15, 0.2) is 24.3 Å². The third kappa shape index (κ3) is 5.13. The van der Waals surface area contributed by atoms with Gasteiger partial charge in [-0.05, 0) is 30.7 Å². The number of nitrogens with zero attached hydrogens (tertiary/aromatic N) is 1. The van der Waals surface area contributed by atoms with Crippen molar-refractivity contribution in [3.8, 4) is 0 Å². The zero-order valence-electron chi connectivity index (χ0n) is 11.9. The molecular formula is C14H18N2O5. The number of benzene rings is 1. The Morgan fingerprint density at radius 2 is 1.71 bits per heavy atom. The molecule has 1 aromatic rings. The van der Waals surface area contributed by atoms with E-state index in [9.17, 15) is 14.4 Å². The van der Waals surface area contributed by atoms with Crippen LogP contribution in [0, 0.1) is 0 Å². The summed E-state index contributed by atoms with van der Waals surface area (Å²) < 4.78 is 0. The Kier molecular flexibility index (Phi) is 5.71. The molecule has 1 amide bonds. The van der Waals surface area contributed by atoms with Gasteiger partial charge in [0.1, 0.15) is 6.04 Å². The fraction of sp³-hybridized carbons (Fsp3) is 0.357. The van der Waals surface area contributed by atoms with Gasteiger partial charge < -0.3 is 20.4 Å². The second-order valence-corrected chi connectivity index (χ2v) is 4.74. The zero-order chi connectivity index (χ0) is 16.0. The van der Waals surface area contributed by atoms with Gasteiger partial charge in [0.25, 0.3) is 5.91 Å². The monoisotopic (exact) mass is 294 g/mol. The van der Waals surface area contributed by atoms with Crippen molar-refractivity contribution in [1.29, 1.82) is 0 Å². The molecule has 7 nitrogen and oxygen atoms in total. The molecule has 0 heterocycles. The minimum Gasteiger partial charge on any atom is -0.481 e. The molecule has 0 aliphatic carbocycles. The van der Waals surface area contributed by atoms with Gasteiger partial charge in [0.2, 0.25) is 0 Å². The summed E-state index contributed by atoms with van der Waals surface area (Å²) in [5.41, 5.74) is 1.23. The quantitative estimate of drug-likeness (QED) is 0.686. The van der Waals surface area contributed by atoms with E-state index in [4.69, 9.17) is 10.2 Å². The van der Waals surface area contributed by atoms with E-state index < -0.39 is 23.9 Å². The van der Waals surface area contributed by atoms with Crippen LogP contribution < -0.4 is 10.2 Å². The lowest BCUT2D eigenvalue weighted by Crippen LogP contribution is -2.41. The minimum atomic E-state index is -1.26. The smallest absolute Gasteiger partial charge is 0.326 e. The number of hydrogen-bond acceptors (Lipinski definition) is 4. The molecule has 0 saturated heterocycles. The molecule has 1 aromatic carbocycles. The fourth-order valence-electron chi connectivity index (χ4n) is 1.68. The topological polar surface area (TPSA) is 107 Å². The van der Waals surface area contributed by atoms with E-state index in [-0.39, 0.29) is 12.8 Å². The molecule has 3 N–H and O–H groups in total. The fourth-order valence-corrected chi connectivity index (χ4v) is 1.68. The van der Waals surface area contributed by atoms with Gasteiger partial charge in [-0.15, -0.1) is 0 Å². The lowest BCUT2D eigenvalue weighted by Gasteiger charge is -2.15. The summed E-state index contributed by atoms with van der Waals surface area (Å²) in [7, 11) is 3.73. The maximum atomic E-state index is 11.9. The second-order valence-electron chi connectivity index (χ2n) is 4.74. The molecule has 0 aliphatic heterocycles. The summed E-state index contributed by atoms with van der Waals surface area (Å²) in [6.07, 6.45) is -0.483. The highest BCUT2D eigenvalue weighted by Gasteiger charge is 2.21. The molecule has 1 atom stereocenters. The molecule has 1 unspecified atom stereocenters. The average molecular weight is 294 g/mol. The first kappa shape index (κ1) is 16.5. The van der Waals surface area contributed by atoms with Crippen molar-refractivity contribution in [3.63, 3.8) is 0 Å². The summed E-state index contributed by atoms with van der Waals surface area (Å²) >= 11 is 0. The first-order valence-corrected chi connectivity index (χ1v) is 6.34. The Morgan fingerprint density at radius 3 is 2.14 bits per heavy atom. The Hall–Kier alpha value is -2.57. The number of rotatable bonds is 7. The number of anilines is 1. The van der Waals surface area contributed by atoms with Crippen molar-refractivity contribution in [2.24, 2.45) is 0 Å². The maximum absolute atomic E-state index is 11.9. The van der Waals surface area contributed by atoms with Crippen molar-refractivity contribution < 1.29 is 24.6 Å². The summed E-state index contributed by atoms with van der Waals surface area (Å²) in [5.74, 6) is -2.90. The third-order valence-electron chi connectivity index (χ3n) is 2.90. The van der Waals surface area contributed by atoms with Crippen LogP contribution in [0.3, 0.4) is 0 Å². The highest BCUT2D eigenvalue weighted by Crippen LogP contribution is 2.12. The van der Waals surface area contributed by atoms with Gasteiger partial charge >= 0.3 is 11.9 Å². The highest BCUT2D eigenvalue weighted by atomic mass is 16.4. The predicted molar refractivity (Wildman–Crippen MR) is 76.5 cm³/mol. The Bertz CT molecular complexity index is 525. The van der Waals surface area contributed by atoms with E-state index in [1.165, 1.54) is 0 Å². The standard InChI is InChI=1S/C14H18N2O5/c1-16(2)10-5-3-9(4-6-10)13(19)15-11(14(20)21)7-8-12(17)18/h3-6,11H,7-8H2,1-2H3,(H,15,19)(H,17,18)(H,20,21). The van der Waals surface area contributed by atoms with Crippen molar-refractivity contribution in [2.45, 2.75) is 18.9 Å². The van der Waals surface area contributed by atoms with Crippen LogP contribution in [0.2, 0.25) is 0 Å².